The maximum atomic E-state index is 12.0. The lowest BCUT2D eigenvalue weighted by molar-refractivity contribution is -0.136. The summed E-state index contributed by atoms with van der Waals surface area (Å²) in [4.78, 5) is 27.3. The molecular formula is C16H23ClN2O4. The molecule has 0 radical (unpaired) electrons. The number of hydrogen-bond donors (Lipinski definition) is 2. The van der Waals surface area contributed by atoms with Crippen molar-refractivity contribution in [3.8, 4) is 0 Å². The van der Waals surface area contributed by atoms with Gasteiger partial charge in [-0.1, -0.05) is 25.4 Å². The number of carbonyl (C=O) groups is 2. The van der Waals surface area contributed by atoms with Crippen LogP contribution in [0.3, 0.4) is 0 Å². The summed E-state index contributed by atoms with van der Waals surface area (Å²) in [6.07, 6.45) is 0.644. The van der Waals surface area contributed by atoms with Gasteiger partial charge in [0.25, 0.3) is 0 Å². The van der Waals surface area contributed by atoms with Gasteiger partial charge in [-0.2, -0.15) is 0 Å². The van der Waals surface area contributed by atoms with Gasteiger partial charge < -0.3 is 15.2 Å². The molecule has 1 amide bonds. The second-order valence-corrected chi connectivity index (χ2v) is 7.07. The van der Waals surface area contributed by atoms with E-state index in [0.29, 0.717) is 16.3 Å². The number of aromatic nitrogens is 1. The maximum Gasteiger partial charge on any atom is 0.408 e. The molecule has 0 unspecified atom stereocenters. The van der Waals surface area contributed by atoms with E-state index >= 15 is 0 Å². The fourth-order valence-electron chi connectivity index (χ4n) is 2.06. The van der Waals surface area contributed by atoms with E-state index in [4.69, 9.17) is 21.4 Å². The van der Waals surface area contributed by atoms with Gasteiger partial charge in [-0.05, 0) is 38.3 Å². The Hall–Kier alpha value is -1.82. The minimum absolute atomic E-state index is 0.0104. The number of hydrogen-bond acceptors (Lipinski definition) is 4. The highest BCUT2D eigenvalue weighted by molar-refractivity contribution is 6.30. The zero-order valence-electron chi connectivity index (χ0n) is 14.0. The molecule has 0 saturated heterocycles. The van der Waals surface area contributed by atoms with E-state index in [1.165, 1.54) is 6.20 Å². The number of nitrogens with zero attached hydrogens (tertiary/aromatic N) is 1. The molecule has 0 bridgehead atoms. The number of nitrogens with one attached hydrogen (secondary N) is 1. The van der Waals surface area contributed by atoms with Crippen molar-refractivity contribution in [3.05, 3.63) is 28.5 Å². The van der Waals surface area contributed by atoms with E-state index in [0.717, 1.165) is 0 Å². The van der Waals surface area contributed by atoms with Crippen LogP contribution in [0.1, 0.15) is 51.9 Å². The first kappa shape index (κ1) is 19.2. The van der Waals surface area contributed by atoms with Crippen molar-refractivity contribution in [1.29, 1.82) is 0 Å². The summed E-state index contributed by atoms with van der Waals surface area (Å²) < 4.78 is 5.26. The molecule has 1 aromatic heterocycles. The van der Waals surface area contributed by atoms with Gasteiger partial charge in [0.15, 0.2) is 0 Å². The first-order chi connectivity index (χ1) is 10.5. The highest BCUT2D eigenvalue weighted by Crippen LogP contribution is 2.26. The fraction of sp³-hybridized carbons (Fsp3) is 0.562. The Bertz CT molecular complexity index is 582. The Morgan fingerprint density at radius 1 is 1.39 bits per heavy atom. The number of halogens is 1. The van der Waals surface area contributed by atoms with Crippen molar-refractivity contribution in [2.45, 2.75) is 52.7 Å². The van der Waals surface area contributed by atoms with Gasteiger partial charge in [0.05, 0.1) is 23.2 Å². The molecule has 0 fully saturated rings. The summed E-state index contributed by atoms with van der Waals surface area (Å²) in [6, 6.07) is 1.08. The van der Waals surface area contributed by atoms with Crippen molar-refractivity contribution in [1.82, 2.24) is 10.3 Å². The Morgan fingerprint density at radius 2 is 2.00 bits per heavy atom. The number of carboxylic acids is 1. The van der Waals surface area contributed by atoms with Gasteiger partial charge in [-0.3, -0.25) is 9.78 Å². The van der Waals surface area contributed by atoms with Gasteiger partial charge in [-0.15, -0.1) is 0 Å². The first-order valence-corrected chi connectivity index (χ1v) is 7.73. The summed E-state index contributed by atoms with van der Waals surface area (Å²) >= 11 is 5.91. The van der Waals surface area contributed by atoms with E-state index in [-0.39, 0.29) is 12.3 Å². The maximum absolute atomic E-state index is 12.0. The third-order valence-corrected chi connectivity index (χ3v) is 3.15. The van der Waals surface area contributed by atoms with Crippen molar-refractivity contribution in [3.63, 3.8) is 0 Å². The quantitative estimate of drug-likeness (QED) is 0.853. The molecule has 1 rings (SSSR count). The van der Waals surface area contributed by atoms with Crippen LogP contribution in [0, 0.1) is 5.92 Å². The van der Waals surface area contributed by atoms with Gasteiger partial charge in [0.2, 0.25) is 0 Å². The predicted octanol–water partition coefficient (Wildman–Crippen LogP) is 3.58. The molecule has 7 heteroatoms. The standard InChI is InChI=1S/C16H23ClN2O4/c1-9(2)13(19-15(22)23-16(3,4)5)14-10(7-12(20)21)6-11(17)8-18-14/h6,8-9,13H,7H2,1-5H3,(H,19,22)(H,20,21)/t13-/m1/s1. The average molecular weight is 343 g/mol. The Kier molecular flexibility index (Phi) is 6.38. The van der Waals surface area contributed by atoms with E-state index in [1.807, 2.05) is 13.8 Å². The summed E-state index contributed by atoms with van der Waals surface area (Å²) in [5, 5.41) is 12.2. The third-order valence-electron chi connectivity index (χ3n) is 2.94. The lowest BCUT2D eigenvalue weighted by Crippen LogP contribution is -2.37. The number of rotatable bonds is 5. The average Bonchev–Trinajstić information content (AvgIpc) is 2.33. The molecule has 6 nitrogen and oxygen atoms in total. The Balaban J connectivity index is 3.10. The molecule has 0 aliphatic carbocycles. The zero-order valence-corrected chi connectivity index (χ0v) is 14.8. The monoisotopic (exact) mass is 342 g/mol. The molecular weight excluding hydrogens is 320 g/mol. The smallest absolute Gasteiger partial charge is 0.408 e. The van der Waals surface area contributed by atoms with E-state index in [1.54, 1.807) is 26.8 Å². The largest absolute Gasteiger partial charge is 0.481 e. The number of ether oxygens (including phenoxy) is 1. The molecule has 0 saturated carbocycles. The third kappa shape index (κ3) is 6.44. The van der Waals surface area contributed by atoms with Gasteiger partial charge in [-0.25, -0.2) is 4.79 Å². The van der Waals surface area contributed by atoms with Crippen LogP contribution in [-0.4, -0.2) is 27.8 Å². The first-order valence-electron chi connectivity index (χ1n) is 7.35. The number of carbonyl (C=O) groups excluding carboxylic acids is 1. The van der Waals surface area contributed by atoms with Crippen molar-refractivity contribution < 1.29 is 19.4 Å². The molecule has 0 spiro atoms. The minimum Gasteiger partial charge on any atom is -0.481 e. The van der Waals surface area contributed by atoms with Crippen LogP contribution >= 0.6 is 11.6 Å². The second-order valence-electron chi connectivity index (χ2n) is 6.64. The highest BCUT2D eigenvalue weighted by Gasteiger charge is 2.26. The number of carboxylic acid groups (broad SMARTS) is 1. The second kappa shape index (κ2) is 7.64. The van der Waals surface area contributed by atoms with Gasteiger partial charge >= 0.3 is 12.1 Å². The van der Waals surface area contributed by atoms with Crippen LogP contribution in [0.15, 0.2) is 12.3 Å². The zero-order chi connectivity index (χ0) is 17.8. The summed E-state index contributed by atoms with van der Waals surface area (Å²) in [5.41, 5.74) is 0.334. The lowest BCUT2D eigenvalue weighted by Gasteiger charge is -2.26. The Morgan fingerprint density at radius 3 is 2.48 bits per heavy atom. The van der Waals surface area contributed by atoms with Crippen LogP contribution in [0.25, 0.3) is 0 Å². The minimum atomic E-state index is -0.991. The molecule has 0 aliphatic heterocycles. The molecule has 128 valence electrons. The lowest BCUT2D eigenvalue weighted by atomic mass is 9.95. The number of alkyl carbamates (subject to hydrolysis) is 1. The predicted molar refractivity (Wildman–Crippen MR) is 87.5 cm³/mol. The molecule has 0 aromatic carbocycles. The normalized spacial score (nSPS) is 12.8. The molecule has 2 N–H and O–H groups in total. The van der Waals surface area contributed by atoms with E-state index in [9.17, 15) is 9.59 Å². The van der Waals surface area contributed by atoms with Crippen LogP contribution in [0.5, 0.6) is 0 Å². The van der Waals surface area contributed by atoms with Gasteiger partial charge in [0, 0.05) is 6.20 Å². The fourth-order valence-corrected chi connectivity index (χ4v) is 2.24. The molecule has 1 heterocycles. The molecule has 1 aromatic rings. The number of pyridine rings is 1. The topological polar surface area (TPSA) is 88.5 Å². The van der Waals surface area contributed by atoms with Crippen molar-refractivity contribution in [2.75, 3.05) is 0 Å². The van der Waals surface area contributed by atoms with Crippen LogP contribution < -0.4 is 5.32 Å². The van der Waals surface area contributed by atoms with Crippen LogP contribution in [0.4, 0.5) is 4.79 Å². The summed E-state index contributed by atoms with van der Waals surface area (Å²) in [5.74, 6) is -1.00. The summed E-state index contributed by atoms with van der Waals surface area (Å²) in [7, 11) is 0. The molecule has 23 heavy (non-hydrogen) atoms. The SMILES string of the molecule is CC(C)[C@@H](NC(=O)OC(C)(C)C)c1ncc(Cl)cc1CC(=O)O. The highest BCUT2D eigenvalue weighted by atomic mass is 35.5. The molecule has 1 atom stereocenters. The van der Waals surface area contributed by atoms with Crippen LogP contribution in [0.2, 0.25) is 5.02 Å². The number of amides is 1. The molecule has 0 aliphatic rings. The Labute approximate surface area is 141 Å². The van der Waals surface area contributed by atoms with E-state index in [2.05, 4.69) is 10.3 Å². The summed E-state index contributed by atoms with van der Waals surface area (Å²) in [6.45, 7) is 9.12. The van der Waals surface area contributed by atoms with Crippen molar-refractivity contribution >= 4 is 23.7 Å². The van der Waals surface area contributed by atoms with Gasteiger partial charge in [0.1, 0.15) is 5.60 Å². The van der Waals surface area contributed by atoms with Crippen LogP contribution in [-0.2, 0) is 16.0 Å². The van der Waals surface area contributed by atoms with Crippen molar-refractivity contribution in [2.24, 2.45) is 5.92 Å². The van der Waals surface area contributed by atoms with E-state index < -0.39 is 23.7 Å². The number of aliphatic carboxylic acids is 1.